The van der Waals surface area contributed by atoms with Gasteiger partial charge in [-0.3, -0.25) is 9.59 Å². The summed E-state index contributed by atoms with van der Waals surface area (Å²) < 4.78 is 30.3. The summed E-state index contributed by atoms with van der Waals surface area (Å²) in [6.45, 7) is 2.48. The standard InChI is InChI=1S/C17H15F2N3O3S/c1-17(21-15(23)10-4-12(6-20)25-7-10)2-3-22(9-17)16(24)13-5-11(8-26-13)14(18)19/h4-5,7-8,14H,2-3,9H2,1H3,(H,21,23). The Kier molecular flexibility index (Phi) is 4.78. The molecule has 1 aliphatic rings. The second-order valence-corrected chi connectivity index (χ2v) is 7.26. The minimum atomic E-state index is -2.61. The first kappa shape index (κ1) is 18.1. The average molecular weight is 379 g/mol. The number of furan rings is 1. The summed E-state index contributed by atoms with van der Waals surface area (Å²) in [5, 5.41) is 12.9. The molecule has 1 aliphatic heterocycles. The van der Waals surface area contributed by atoms with Crippen LogP contribution >= 0.6 is 11.3 Å². The molecule has 9 heteroatoms. The highest BCUT2D eigenvalue weighted by atomic mass is 32.1. The molecule has 0 aromatic carbocycles. The number of likely N-dealkylation sites (tertiary alicyclic amines) is 1. The molecule has 136 valence electrons. The van der Waals surface area contributed by atoms with Gasteiger partial charge in [0.05, 0.1) is 16.0 Å². The zero-order valence-corrected chi connectivity index (χ0v) is 14.6. The Labute approximate surface area is 152 Å². The number of hydrogen-bond acceptors (Lipinski definition) is 5. The van der Waals surface area contributed by atoms with Crippen molar-refractivity contribution in [2.45, 2.75) is 25.3 Å². The van der Waals surface area contributed by atoms with Crippen molar-refractivity contribution in [1.29, 1.82) is 5.26 Å². The number of rotatable bonds is 4. The number of nitriles is 1. The minimum Gasteiger partial charge on any atom is -0.453 e. The van der Waals surface area contributed by atoms with Crippen molar-refractivity contribution in [2.24, 2.45) is 0 Å². The summed E-state index contributed by atoms with van der Waals surface area (Å²) in [5.74, 6) is -0.686. The highest BCUT2D eigenvalue weighted by molar-refractivity contribution is 7.12. The molecule has 2 amide bonds. The molecule has 1 N–H and O–H groups in total. The lowest BCUT2D eigenvalue weighted by molar-refractivity contribution is 0.0773. The predicted octanol–water partition coefficient (Wildman–Crippen LogP) is 3.18. The van der Waals surface area contributed by atoms with Crippen molar-refractivity contribution in [1.82, 2.24) is 10.2 Å². The summed E-state index contributed by atoms with van der Waals surface area (Å²) in [7, 11) is 0. The van der Waals surface area contributed by atoms with Crippen LogP contribution in [0.25, 0.3) is 0 Å². The number of thiophene rings is 1. The van der Waals surface area contributed by atoms with Crippen molar-refractivity contribution in [3.05, 3.63) is 45.5 Å². The van der Waals surface area contributed by atoms with Crippen LogP contribution < -0.4 is 5.32 Å². The van der Waals surface area contributed by atoms with E-state index < -0.39 is 17.9 Å². The third kappa shape index (κ3) is 3.60. The zero-order valence-electron chi connectivity index (χ0n) is 13.8. The highest BCUT2D eigenvalue weighted by Crippen LogP contribution is 2.28. The van der Waals surface area contributed by atoms with Gasteiger partial charge in [0, 0.05) is 30.1 Å². The van der Waals surface area contributed by atoms with E-state index in [4.69, 9.17) is 9.68 Å². The fourth-order valence-electron chi connectivity index (χ4n) is 2.83. The van der Waals surface area contributed by atoms with Crippen LogP contribution in [0.5, 0.6) is 0 Å². The second kappa shape index (κ2) is 6.88. The summed E-state index contributed by atoms with van der Waals surface area (Å²) in [4.78, 5) is 26.6. The third-order valence-corrected chi connectivity index (χ3v) is 5.17. The zero-order chi connectivity index (χ0) is 18.9. The Bertz CT molecular complexity index is 886. The molecular formula is C17H15F2N3O3S. The monoisotopic (exact) mass is 379 g/mol. The van der Waals surface area contributed by atoms with E-state index in [0.717, 1.165) is 11.3 Å². The maximum absolute atomic E-state index is 12.7. The molecule has 2 aromatic heterocycles. The molecule has 1 fully saturated rings. The maximum Gasteiger partial charge on any atom is 0.264 e. The number of amides is 2. The second-order valence-electron chi connectivity index (χ2n) is 6.35. The molecule has 1 unspecified atom stereocenters. The topological polar surface area (TPSA) is 86.3 Å². The van der Waals surface area contributed by atoms with Crippen LogP contribution in [0.3, 0.4) is 0 Å². The van der Waals surface area contributed by atoms with Crippen molar-refractivity contribution >= 4 is 23.2 Å². The van der Waals surface area contributed by atoms with Gasteiger partial charge in [0.25, 0.3) is 18.2 Å². The first-order valence-electron chi connectivity index (χ1n) is 7.78. The van der Waals surface area contributed by atoms with Crippen LogP contribution in [0.15, 0.2) is 28.2 Å². The number of halogens is 2. The van der Waals surface area contributed by atoms with E-state index in [-0.39, 0.29) is 34.2 Å². The number of nitrogens with one attached hydrogen (secondary N) is 1. The Morgan fingerprint density at radius 1 is 1.46 bits per heavy atom. The Morgan fingerprint density at radius 3 is 2.85 bits per heavy atom. The van der Waals surface area contributed by atoms with Gasteiger partial charge in [0.1, 0.15) is 12.3 Å². The van der Waals surface area contributed by atoms with Gasteiger partial charge in [0.15, 0.2) is 0 Å². The van der Waals surface area contributed by atoms with Crippen LogP contribution in [-0.2, 0) is 0 Å². The van der Waals surface area contributed by atoms with E-state index in [0.29, 0.717) is 13.0 Å². The molecule has 0 bridgehead atoms. The smallest absolute Gasteiger partial charge is 0.264 e. The van der Waals surface area contributed by atoms with Crippen LogP contribution in [0.2, 0.25) is 0 Å². The van der Waals surface area contributed by atoms with Crippen molar-refractivity contribution in [3.63, 3.8) is 0 Å². The number of carbonyl (C=O) groups excluding carboxylic acids is 2. The lowest BCUT2D eigenvalue weighted by Gasteiger charge is -2.25. The van der Waals surface area contributed by atoms with Crippen LogP contribution in [0.4, 0.5) is 8.78 Å². The van der Waals surface area contributed by atoms with Gasteiger partial charge in [-0.15, -0.1) is 11.3 Å². The fourth-order valence-corrected chi connectivity index (χ4v) is 3.70. The van der Waals surface area contributed by atoms with Crippen molar-refractivity contribution in [2.75, 3.05) is 13.1 Å². The summed E-state index contributed by atoms with van der Waals surface area (Å²) >= 11 is 0.987. The molecule has 1 saturated heterocycles. The molecule has 0 aliphatic carbocycles. The lowest BCUT2D eigenvalue weighted by atomic mass is 10.0. The summed E-state index contributed by atoms with van der Waals surface area (Å²) in [6, 6.07) is 4.35. The summed E-state index contributed by atoms with van der Waals surface area (Å²) in [5.41, 5.74) is -0.589. The number of carbonyl (C=O) groups is 2. The molecule has 6 nitrogen and oxygen atoms in total. The van der Waals surface area contributed by atoms with Crippen LogP contribution in [-0.4, -0.2) is 35.3 Å². The van der Waals surface area contributed by atoms with Gasteiger partial charge in [0.2, 0.25) is 5.76 Å². The van der Waals surface area contributed by atoms with Gasteiger partial charge < -0.3 is 14.6 Å². The lowest BCUT2D eigenvalue weighted by Crippen LogP contribution is -2.48. The van der Waals surface area contributed by atoms with Gasteiger partial charge in [-0.1, -0.05) is 0 Å². The maximum atomic E-state index is 12.7. The molecule has 26 heavy (non-hydrogen) atoms. The van der Waals surface area contributed by atoms with Crippen LogP contribution in [0, 0.1) is 11.3 Å². The van der Waals surface area contributed by atoms with Gasteiger partial charge in [-0.25, -0.2) is 8.78 Å². The molecule has 1 atom stereocenters. The third-order valence-electron chi connectivity index (χ3n) is 4.23. The van der Waals surface area contributed by atoms with Gasteiger partial charge in [-0.05, 0) is 19.4 Å². The van der Waals surface area contributed by atoms with Crippen molar-refractivity contribution < 1.29 is 22.8 Å². The minimum absolute atomic E-state index is 0.0380. The first-order chi connectivity index (χ1) is 12.3. The Hall–Kier alpha value is -2.73. The average Bonchev–Trinajstić information content (AvgIpc) is 3.33. The number of nitrogens with zero attached hydrogens (tertiary/aromatic N) is 2. The number of alkyl halides is 2. The fraction of sp³-hybridized carbons (Fsp3) is 0.353. The first-order valence-corrected chi connectivity index (χ1v) is 8.66. The van der Waals surface area contributed by atoms with Crippen molar-refractivity contribution in [3.8, 4) is 6.07 Å². The predicted molar refractivity (Wildman–Crippen MR) is 89.1 cm³/mol. The van der Waals surface area contributed by atoms with E-state index in [2.05, 4.69) is 5.32 Å². The molecule has 3 rings (SSSR count). The van der Waals surface area contributed by atoms with E-state index in [9.17, 15) is 18.4 Å². The quantitative estimate of drug-likeness (QED) is 0.884. The van der Waals surface area contributed by atoms with E-state index in [1.54, 1.807) is 6.07 Å². The van der Waals surface area contributed by atoms with Crippen LogP contribution in [0.1, 0.15) is 51.1 Å². The van der Waals surface area contributed by atoms with E-state index >= 15 is 0 Å². The van der Waals surface area contributed by atoms with E-state index in [1.807, 2.05) is 6.92 Å². The number of hydrogen-bond donors (Lipinski definition) is 1. The normalized spacial score (nSPS) is 19.6. The molecule has 2 aromatic rings. The molecular weight excluding hydrogens is 364 g/mol. The Balaban J connectivity index is 1.65. The van der Waals surface area contributed by atoms with Gasteiger partial charge >= 0.3 is 0 Å². The molecule has 0 saturated carbocycles. The Morgan fingerprint density at radius 2 is 2.23 bits per heavy atom. The summed E-state index contributed by atoms with van der Waals surface area (Å²) in [6.07, 6.45) is -0.878. The largest absolute Gasteiger partial charge is 0.453 e. The SMILES string of the molecule is CC1(NC(=O)c2coc(C#N)c2)CCN(C(=O)c2cc(C(F)F)cs2)C1. The molecule has 0 spiro atoms. The van der Waals surface area contributed by atoms with E-state index in [1.165, 1.54) is 28.7 Å². The molecule has 3 heterocycles. The highest BCUT2D eigenvalue weighted by Gasteiger charge is 2.38. The van der Waals surface area contributed by atoms with Gasteiger partial charge in [-0.2, -0.15) is 5.26 Å². The molecule has 0 radical (unpaired) electrons.